The van der Waals surface area contributed by atoms with Gasteiger partial charge in [0.15, 0.2) is 0 Å². The molecule has 0 unspecified atom stereocenters. The van der Waals surface area contributed by atoms with Gasteiger partial charge in [-0.25, -0.2) is 0 Å². The van der Waals surface area contributed by atoms with E-state index < -0.39 is 4.92 Å². The number of nitrogens with zero attached hydrogens (tertiary/aromatic N) is 2. The molecule has 9 nitrogen and oxygen atoms in total. The van der Waals surface area contributed by atoms with Crippen LogP contribution in [0.2, 0.25) is 0 Å². The van der Waals surface area contributed by atoms with Crippen LogP contribution in [0.25, 0.3) is 22.3 Å². The molecule has 0 radical (unpaired) electrons. The van der Waals surface area contributed by atoms with E-state index in [0.717, 1.165) is 55.7 Å². The molecule has 0 saturated carbocycles. The van der Waals surface area contributed by atoms with Crippen molar-refractivity contribution in [3.63, 3.8) is 0 Å². The minimum Gasteiger partial charge on any atom is -0.508 e. The van der Waals surface area contributed by atoms with Crippen LogP contribution in [0.4, 0.5) is 11.4 Å². The molecule has 9 heteroatoms. The van der Waals surface area contributed by atoms with Gasteiger partial charge in [-0.15, -0.1) is 0 Å². The van der Waals surface area contributed by atoms with Crippen molar-refractivity contribution in [3.05, 3.63) is 117 Å². The molecule has 0 aliphatic carbocycles. The third kappa shape index (κ3) is 9.74. The first-order chi connectivity index (χ1) is 19.9. The van der Waals surface area contributed by atoms with Gasteiger partial charge in [0.25, 0.3) is 11.4 Å². The molecular formula is C32H34N2O7. The van der Waals surface area contributed by atoms with E-state index in [4.69, 9.17) is 9.84 Å². The topological polar surface area (TPSA) is 136 Å². The molecule has 0 amide bonds. The number of benzene rings is 4. The van der Waals surface area contributed by atoms with E-state index in [1.807, 2.05) is 48.5 Å². The van der Waals surface area contributed by atoms with Gasteiger partial charge in [0.05, 0.1) is 39.7 Å². The molecule has 0 heterocycles. The van der Waals surface area contributed by atoms with Crippen molar-refractivity contribution in [2.45, 2.75) is 38.5 Å². The molecule has 0 aliphatic heterocycles. The van der Waals surface area contributed by atoms with Crippen LogP contribution in [-0.2, 0) is 0 Å². The average Bonchev–Trinajstić information content (AvgIpc) is 2.99. The predicted molar refractivity (Wildman–Crippen MR) is 159 cm³/mol. The van der Waals surface area contributed by atoms with Crippen molar-refractivity contribution in [3.8, 4) is 33.8 Å². The Morgan fingerprint density at radius 2 is 1.10 bits per heavy atom. The fourth-order valence-electron chi connectivity index (χ4n) is 4.26. The van der Waals surface area contributed by atoms with Crippen LogP contribution in [0.15, 0.2) is 97.1 Å². The van der Waals surface area contributed by atoms with E-state index in [9.17, 15) is 25.3 Å². The third-order valence-corrected chi connectivity index (χ3v) is 6.33. The highest BCUT2D eigenvalue weighted by molar-refractivity contribution is 5.75. The Morgan fingerprint density at radius 1 is 0.610 bits per heavy atom. The van der Waals surface area contributed by atoms with Gasteiger partial charge in [0, 0.05) is 6.61 Å². The second-order valence-electron chi connectivity index (χ2n) is 9.32. The van der Waals surface area contributed by atoms with Crippen LogP contribution in [0, 0.1) is 20.2 Å². The predicted octanol–water partition coefficient (Wildman–Crippen LogP) is 7.94. The first-order valence-electron chi connectivity index (χ1n) is 13.5. The molecule has 41 heavy (non-hydrogen) atoms. The molecule has 0 spiro atoms. The molecule has 4 aromatic rings. The highest BCUT2D eigenvalue weighted by atomic mass is 16.6. The standard InChI is InChI=1S/C20H25NO4.C12H9NO3/c22-14-8-3-1-2-4-9-15-25-18-12-13-19(20(16-18)21(23)24)17-10-6-5-7-11-17;14-10-6-7-11(12(8-10)13(15)16)9-4-2-1-3-5-9/h5-7,10-13,16,22H,1-4,8-9,14-15H2;1-8,14H. The summed E-state index contributed by atoms with van der Waals surface area (Å²) >= 11 is 0. The Bertz CT molecular complexity index is 1400. The quantitative estimate of drug-likeness (QED) is 0.0965. The SMILES string of the molecule is O=[N+]([O-])c1cc(O)ccc1-c1ccccc1.O=[N+]([O-])c1cc(OCCCCCCCCO)ccc1-c1ccccc1. The average molecular weight is 559 g/mol. The summed E-state index contributed by atoms with van der Waals surface area (Å²) in [5, 5.41) is 40.2. The molecule has 214 valence electrons. The summed E-state index contributed by atoms with van der Waals surface area (Å²) in [7, 11) is 0. The van der Waals surface area contributed by atoms with Gasteiger partial charge in [-0.1, -0.05) is 86.3 Å². The molecule has 4 rings (SSSR count). The molecule has 0 saturated heterocycles. The number of aromatic hydroxyl groups is 1. The highest BCUT2D eigenvalue weighted by Gasteiger charge is 2.17. The van der Waals surface area contributed by atoms with Crippen LogP contribution in [0.3, 0.4) is 0 Å². The lowest BCUT2D eigenvalue weighted by atomic mass is 10.0. The van der Waals surface area contributed by atoms with Gasteiger partial charge >= 0.3 is 0 Å². The van der Waals surface area contributed by atoms with E-state index in [0.29, 0.717) is 23.5 Å². The fourth-order valence-corrected chi connectivity index (χ4v) is 4.26. The first-order valence-corrected chi connectivity index (χ1v) is 13.5. The van der Waals surface area contributed by atoms with Crippen molar-refractivity contribution in [1.82, 2.24) is 0 Å². The number of phenols is 1. The maximum absolute atomic E-state index is 11.4. The minimum atomic E-state index is -0.498. The van der Waals surface area contributed by atoms with Crippen molar-refractivity contribution >= 4 is 11.4 Å². The van der Waals surface area contributed by atoms with Gasteiger partial charge in [-0.3, -0.25) is 20.2 Å². The number of aliphatic hydroxyl groups excluding tert-OH is 1. The van der Waals surface area contributed by atoms with Crippen molar-refractivity contribution in [1.29, 1.82) is 0 Å². The van der Waals surface area contributed by atoms with Gasteiger partial charge < -0.3 is 14.9 Å². The maximum atomic E-state index is 11.4. The number of rotatable bonds is 13. The smallest absolute Gasteiger partial charge is 0.280 e. The number of nitro groups is 2. The number of unbranched alkanes of at least 4 members (excludes halogenated alkanes) is 5. The largest absolute Gasteiger partial charge is 0.508 e. The van der Waals surface area contributed by atoms with E-state index in [2.05, 4.69) is 0 Å². The molecule has 2 N–H and O–H groups in total. The van der Waals surface area contributed by atoms with Gasteiger partial charge in [-0.05, 0) is 48.2 Å². The summed E-state index contributed by atoms with van der Waals surface area (Å²) in [6.07, 6.45) is 6.16. The Labute approximate surface area is 239 Å². The zero-order valence-electron chi connectivity index (χ0n) is 22.7. The van der Waals surface area contributed by atoms with Crippen LogP contribution < -0.4 is 4.74 Å². The Hall–Kier alpha value is -4.76. The molecule has 4 aromatic carbocycles. The van der Waals surface area contributed by atoms with E-state index in [1.165, 1.54) is 12.1 Å². The van der Waals surface area contributed by atoms with E-state index in [1.54, 1.807) is 30.3 Å². The Balaban J connectivity index is 0.000000248. The van der Waals surface area contributed by atoms with E-state index in [-0.39, 0.29) is 28.7 Å². The van der Waals surface area contributed by atoms with Gasteiger partial charge in [0.1, 0.15) is 11.5 Å². The first kappa shape index (κ1) is 30.8. The summed E-state index contributed by atoms with van der Waals surface area (Å²) in [4.78, 5) is 21.4. The number of phenolic OH excluding ortho intramolecular Hbond substituents is 1. The molecule has 0 aromatic heterocycles. The number of aliphatic hydroxyl groups is 1. The van der Waals surface area contributed by atoms with Crippen LogP contribution in [-0.4, -0.2) is 33.3 Å². The lowest BCUT2D eigenvalue weighted by Crippen LogP contribution is -1.99. The number of nitro benzene ring substituents is 2. The van der Waals surface area contributed by atoms with Crippen LogP contribution in [0.5, 0.6) is 11.5 Å². The van der Waals surface area contributed by atoms with Gasteiger partial charge in [0.2, 0.25) is 0 Å². The Morgan fingerprint density at radius 3 is 1.63 bits per heavy atom. The summed E-state index contributed by atoms with van der Waals surface area (Å²) in [5.41, 5.74) is 2.65. The monoisotopic (exact) mass is 558 g/mol. The summed E-state index contributed by atoms with van der Waals surface area (Å²) in [5.74, 6) is 0.429. The zero-order valence-corrected chi connectivity index (χ0v) is 22.7. The molecule has 0 fully saturated rings. The van der Waals surface area contributed by atoms with Crippen molar-refractivity contribution in [2.75, 3.05) is 13.2 Å². The summed E-state index contributed by atoms with van der Waals surface area (Å²) in [6, 6.07) is 27.6. The minimum absolute atomic E-state index is 0.0627. The maximum Gasteiger partial charge on any atom is 0.280 e. The second kappa shape index (κ2) is 16.4. The number of hydrogen-bond acceptors (Lipinski definition) is 7. The number of ether oxygens (including phenoxy) is 1. The van der Waals surface area contributed by atoms with Crippen molar-refractivity contribution < 1.29 is 24.8 Å². The van der Waals surface area contributed by atoms with Crippen molar-refractivity contribution in [2.24, 2.45) is 0 Å². The summed E-state index contributed by atoms with van der Waals surface area (Å²) in [6.45, 7) is 0.822. The normalized spacial score (nSPS) is 10.4. The molecule has 0 atom stereocenters. The molecular weight excluding hydrogens is 524 g/mol. The Kier molecular flexibility index (Phi) is 12.3. The summed E-state index contributed by atoms with van der Waals surface area (Å²) < 4.78 is 5.67. The lowest BCUT2D eigenvalue weighted by molar-refractivity contribution is -0.384. The molecule has 0 bridgehead atoms. The highest BCUT2D eigenvalue weighted by Crippen LogP contribution is 2.34. The van der Waals surface area contributed by atoms with Gasteiger partial charge in [-0.2, -0.15) is 0 Å². The second-order valence-corrected chi connectivity index (χ2v) is 9.32. The lowest BCUT2D eigenvalue weighted by Gasteiger charge is -2.08. The van der Waals surface area contributed by atoms with Crippen LogP contribution >= 0.6 is 0 Å². The van der Waals surface area contributed by atoms with E-state index >= 15 is 0 Å². The van der Waals surface area contributed by atoms with Crippen LogP contribution in [0.1, 0.15) is 38.5 Å². The number of hydrogen-bond donors (Lipinski definition) is 2. The molecule has 0 aliphatic rings. The third-order valence-electron chi connectivity index (χ3n) is 6.33. The fraction of sp³-hybridized carbons (Fsp3) is 0.250. The zero-order chi connectivity index (χ0) is 29.5.